The van der Waals surface area contributed by atoms with Crippen molar-refractivity contribution in [2.24, 2.45) is 0 Å². The number of benzene rings is 2. The third-order valence-corrected chi connectivity index (χ3v) is 6.63. The van der Waals surface area contributed by atoms with Gasteiger partial charge in [0, 0.05) is 24.9 Å². The van der Waals surface area contributed by atoms with Crippen LogP contribution in [0.5, 0.6) is 0 Å². The quantitative estimate of drug-likeness (QED) is 0.415. The lowest BCUT2D eigenvalue weighted by Crippen LogP contribution is -2.30. The number of carbonyl (C=O) groups excluding carboxylic acids is 3. The largest absolute Gasteiger partial charge is 0.465 e. The molecule has 9 nitrogen and oxygen atoms in total. The van der Waals surface area contributed by atoms with Crippen molar-refractivity contribution in [3.63, 3.8) is 0 Å². The van der Waals surface area contributed by atoms with E-state index in [4.69, 9.17) is 4.74 Å². The first kappa shape index (κ1) is 25.8. The number of methoxy groups -OCH3 is 1. The van der Waals surface area contributed by atoms with Crippen LogP contribution in [0.3, 0.4) is 0 Å². The lowest BCUT2D eigenvalue weighted by molar-refractivity contribution is -0.142. The van der Waals surface area contributed by atoms with Gasteiger partial charge in [-0.3, -0.25) is 4.79 Å². The van der Waals surface area contributed by atoms with E-state index >= 15 is 0 Å². The van der Waals surface area contributed by atoms with Gasteiger partial charge in [-0.25, -0.2) is 18.0 Å². The molecule has 1 N–H and O–H groups in total. The molecule has 2 aromatic rings. The highest BCUT2D eigenvalue weighted by atomic mass is 32.2. The molecule has 0 bridgehead atoms. The highest BCUT2D eigenvalue weighted by molar-refractivity contribution is 7.89. The van der Waals surface area contributed by atoms with Gasteiger partial charge < -0.3 is 14.8 Å². The first-order chi connectivity index (χ1) is 15.7. The fourth-order valence-electron chi connectivity index (χ4n) is 2.82. The molecule has 0 spiro atoms. The van der Waals surface area contributed by atoms with Gasteiger partial charge in [-0.1, -0.05) is 26.0 Å². The molecule has 0 radical (unpaired) electrons. The number of nitrogens with one attached hydrogen (secondary N) is 1. The van der Waals surface area contributed by atoms with Crippen molar-refractivity contribution in [2.45, 2.75) is 18.7 Å². The van der Waals surface area contributed by atoms with Gasteiger partial charge in [0.1, 0.15) is 0 Å². The molecular formula is C23H26N2O7S. The maximum absolute atomic E-state index is 12.5. The molecule has 0 aliphatic heterocycles. The lowest BCUT2D eigenvalue weighted by atomic mass is 10.2. The molecule has 176 valence electrons. The van der Waals surface area contributed by atoms with E-state index < -0.39 is 34.5 Å². The first-order valence-corrected chi connectivity index (χ1v) is 11.6. The van der Waals surface area contributed by atoms with Gasteiger partial charge in [0.2, 0.25) is 10.0 Å². The monoisotopic (exact) mass is 474 g/mol. The summed E-state index contributed by atoms with van der Waals surface area (Å²) in [5.74, 6) is -1.77. The summed E-state index contributed by atoms with van der Waals surface area (Å²) in [6.07, 6.45) is 2.60. The minimum atomic E-state index is -3.55. The van der Waals surface area contributed by atoms with Crippen molar-refractivity contribution in [1.82, 2.24) is 4.31 Å². The molecule has 2 rings (SSSR count). The Morgan fingerprint density at radius 1 is 0.970 bits per heavy atom. The van der Waals surface area contributed by atoms with Gasteiger partial charge in [-0.05, 0) is 48.0 Å². The number of nitrogens with zero attached hydrogens (tertiary/aromatic N) is 1. The summed E-state index contributed by atoms with van der Waals surface area (Å²) >= 11 is 0. The van der Waals surface area contributed by atoms with Crippen LogP contribution in [0.2, 0.25) is 0 Å². The second kappa shape index (κ2) is 11.9. The predicted octanol–water partition coefficient (Wildman–Crippen LogP) is 2.70. The van der Waals surface area contributed by atoms with Crippen LogP contribution in [-0.2, 0) is 29.1 Å². The topological polar surface area (TPSA) is 119 Å². The van der Waals surface area contributed by atoms with E-state index in [0.29, 0.717) is 29.9 Å². The number of ether oxygens (including phenoxy) is 2. The molecule has 0 saturated carbocycles. The number of amides is 1. The van der Waals surface area contributed by atoms with Crippen molar-refractivity contribution in [2.75, 3.05) is 32.1 Å². The summed E-state index contributed by atoms with van der Waals surface area (Å²) in [4.78, 5) is 35.4. The summed E-state index contributed by atoms with van der Waals surface area (Å²) < 4.78 is 35.8. The third kappa shape index (κ3) is 7.26. The van der Waals surface area contributed by atoms with Crippen LogP contribution < -0.4 is 5.32 Å². The van der Waals surface area contributed by atoms with E-state index in [1.165, 1.54) is 53.9 Å². The highest BCUT2D eigenvalue weighted by Crippen LogP contribution is 2.17. The van der Waals surface area contributed by atoms with E-state index in [-0.39, 0.29) is 4.90 Å². The summed E-state index contributed by atoms with van der Waals surface area (Å²) in [5.41, 5.74) is 1.37. The van der Waals surface area contributed by atoms with E-state index in [9.17, 15) is 22.8 Å². The van der Waals surface area contributed by atoms with Crippen molar-refractivity contribution in [3.05, 3.63) is 65.7 Å². The number of hydrogen-bond acceptors (Lipinski definition) is 7. The maximum Gasteiger partial charge on any atom is 0.337 e. The SMILES string of the molecule is CCN(CC)S(=O)(=O)c1ccc(/C=C/C(=O)OCC(=O)Nc2ccc(C(=O)OC)cc2)cc1. The minimum Gasteiger partial charge on any atom is -0.465 e. The first-order valence-electron chi connectivity index (χ1n) is 10.1. The van der Waals surface area contributed by atoms with Gasteiger partial charge in [0.25, 0.3) is 5.91 Å². The van der Waals surface area contributed by atoms with Crippen LogP contribution >= 0.6 is 0 Å². The summed E-state index contributed by atoms with van der Waals surface area (Å²) in [7, 11) is -2.28. The Hall–Kier alpha value is -3.50. The van der Waals surface area contributed by atoms with E-state index in [1.807, 2.05) is 0 Å². The Labute approximate surface area is 193 Å². The van der Waals surface area contributed by atoms with Gasteiger partial charge >= 0.3 is 11.9 Å². The normalized spacial score (nSPS) is 11.4. The zero-order valence-electron chi connectivity index (χ0n) is 18.6. The minimum absolute atomic E-state index is 0.169. The number of carbonyl (C=O) groups is 3. The zero-order chi connectivity index (χ0) is 24.4. The molecule has 33 heavy (non-hydrogen) atoms. The standard InChI is InChI=1S/C23H26N2O7S/c1-4-25(5-2)33(29,30)20-13-6-17(7-14-20)8-15-22(27)32-16-21(26)24-19-11-9-18(10-12-19)23(28)31-3/h6-15H,4-5,16H2,1-3H3,(H,24,26)/b15-8+. The molecule has 2 aromatic carbocycles. The van der Waals surface area contributed by atoms with E-state index in [1.54, 1.807) is 26.0 Å². The Kier molecular flexibility index (Phi) is 9.31. The van der Waals surface area contributed by atoms with Crippen LogP contribution in [0.1, 0.15) is 29.8 Å². The average molecular weight is 475 g/mol. The van der Waals surface area contributed by atoms with Gasteiger partial charge in [-0.2, -0.15) is 4.31 Å². The van der Waals surface area contributed by atoms with Crippen LogP contribution in [0, 0.1) is 0 Å². The fraction of sp³-hybridized carbons (Fsp3) is 0.261. The molecule has 0 fully saturated rings. The smallest absolute Gasteiger partial charge is 0.337 e. The third-order valence-electron chi connectivity index (χ3n) is 4.57. The van der Waals surface area contributed by atoms with Gasteiger partial charge in [0.15, 0.2) is 6.61 Å². The second-order valence-electron chi connectivity index (χ2n) is 6.72. The lowest BCUT2D eigenvalue weighted by Gasteiger charge is -2.18. The number of rotatable bonds is 10. The molecular weight excluding hydrogens is 448 g/mol. The van der Waals surface area contributed by atoms with Crippen molar-refractivity contribution in [1.29, 1.82) is 0 Å². The Morgan fingerprint density at radius 2 is 1.58 bits per heavy atom. The highest BCUT2D eigenvalue weighted by Gasteiger charge is 2.20. The van der Waals surface area contributed by atoms with Crippen LogP contribution in [0.4, 0.5) is 5.69 Å². The van der Waals surface area contributed by atoms with Crippen molar-refractivity contribution < 1.29 is 32.3 Å². The van der Waals surface area contributed by atoms with E-state index in [0.717, 1.165) is 6.08 Å². The Bertz CT molecular complexity index is 1100. The van der Waals surface area contributed by atoms with Gasteiger partial charge in [-0.15, -0.1) is 0 Å². The predicted molar refractivity (Wildman–Crippen MR) is 123 cm³/mol. The molecule has 10 heteroatoms. The summed E-state index contributed by atoms with van der Waals surface area (Å²) in [6, 6.07) is 12.1. The number of esters is 2. The zero-order valence-corrected chi connectivity index (χ0v) is 19.4. The van der Waals surface area contributed by atoms with Crippen molar-refractivity contribution >= 4 is 39.6 Å². The number of hydrogen-bond donors (Lipinski definition) is 1. The molecule has 0 aromatic heterocycles. The van der Waals surface area contributed by atoms with Gasteiger partial charge in [0.05, 0.1) is 17.6 Å². The van der Waals surface area contributed by atoms with Crippen LogP contribution in [0.25, 0.3) is 6.08 Å². The molecule has 0 heterocycles. The Morgan fingerprint density at radius 3 is 2.12 bits per heavy atom. The second-order valence-corrected chi connectivity index (χ2v) is 8.65. The molecule has 0 saturated heterocycles. The summed E-state index contributed by atoms with van der Waals surface area (Å²) in [5, 5.41) is 2.54. The average Bonchev–Trinajstić information content (AvgIpc) is 2.82. The fourth-order valence-corrected chi connectivity index (χ4v) is 4.28. The number of anilines is 1. The molecule has 0 unspecified atom stereocenters. The maximum atomic E-state index is 12.5. The van der Waals surface area contributed by atoms with E-state index in [2.05, 4.69) is 10.1 Å². The van der Waals surface area contributed by atoms with Crippen LogP contribution in [-0.4, -0.2) is 57.4 Å². The van der Waals surface area contributed by atoms with Crippen LogP contribution in [0.15, 0.2) is 59.5 Å². The summed E-state index contributed by atoms with van der Waals surface area (Å²) in [6.45, 7) is 3.79. The molecule has 0 aliphatic carbocycles. The molecule has 1 amide bonds. The molecule has 0 aliphatic rings. The molecule has 0 atom stereocenters. The Balaban J connectivity index is 1.87. The number of sulfonamides is 1. The van der Waals surface area contributed by atoms with Crippen molar-refractivity contribution in [3.8, 4) is 0 Å².